The fourth-order valence-corrected chi connectivity index (χ4v) is 9.54. The van der Waals surface area contributed by atoms with Gasteiger partial charge < -0.3 is 4.90 Å². The van der Waals surface area contributed by atoms with Crippen LogP contribution in [0.4, 0.5) is 17.1 Å². The fourth-order valence-electron chi connectivity index (χ4n) is 8.31. The Bertz CT molecular complexity index is 2630. The molecule has 1 nitrogen and oxygen atoms in total. The van der Waals surface area contributed by atoms with Crippen LogP contribution in [0.1, 0.15) is 22.3 Å². The van der Waals surface area contributed by atoms with Gasteiger partial charge in [-0.2, -0.15) is 0 Å². The van der Waals surface area contributed by atoms with Crippen LogP contribution in [0.3, 0.4) is 0 Å². The van der Waals surface area contributed by atoms with Crippen molar-refractivity contribution in [2.24, 2.45) is 0 Å². The summed E-state index contributed by atoms with van der Waals surface area (Å²) in [5.41, 5.74) is 10.7. The van der Waals surface area contributed by atoms with Crippen LogP contribution >= 0.6 is 11.3 Å². The first-order valence-corrected chi connectivity index (χ1v) is 17.7. The number of thiophene rings is 1. The standard InChI is InChI=1S/C47H31NS/c1-3-15-32(16-4-1)47(42-25-10-7-21-36(42)37-22-8-11-26-43(37)47)33-17-13-20-35(31-33)48(34-18-5-2-6-19-34)44-27-14-24-40-38(44)29-30-41-39-23-9-12-28-45(39)49-46(40)41/h1-31H. The minimum atomic E-state index is -0.463. The number of benzene rings is 8. The highest BCUT2D eigenvalue weighted by Crippen LogP contribution is 2.56. The molecule has 0 saturated carbocycles. The van der Waals surface area contributed by atoms with Gasteiger partial charge in [-0.05, 0) is 69.8 Å². The molecule has 8 aromatic carbocycles. The van der Waals surface area contributed by atoms with E-state index in [2.05, 4.69) is 193 Å². The molecule has 49 heavy (non-hydrogen) atoms. The van der Waals surface area contributed by atoms with Crippen molar-refractivity contribution in [3.05, 3.63) is 210 Å². The Balaban J connectivity index is 1.25. The topological polar surface area (TPSA) is 3.24 Å². The van der Waals surface area contributed by atoms with E-state index in [4.69, 9.17) is 0 Å². The lowest BCUT2D eigenvalue weighted by molar-refractivity contribution is 0.768. The molecule has 9 aromatic rings. The van der Waals surface area contributed by atoms with Gasteiger partial charge in [-0.25, -0.2) is 0 Å². The van der Waals surface area contributed by atoms with Crippen molar-refractivity contribution in [2.45, 2.75) is 5.41 Å². The third-order valence-corrected chi connectivity index (χ3v) is 11.5. The average Bonchev–Trinajstić information content (AvgIpc) is 3.71. The molecular weight excluding hydrogens is 611 g/mol. The highest BCUT2D eigenvalue weighted by Gasteiger charge is 2.46. The van der Waals surface area contributed by atoms with E-state index >= 15 is 0 Å². The van der Waals surface area contributed by atoms with E-state index in [0.29, 0.717) is 0 Å². The highest BCUT2D eigenvalue weighted by atomic mass is 32.1. The summed E-state index contributed by atoms with van der Waals surface area (Å²) in [5, 5.41) is 5.17. The number of fused-ring (bicyclic) bond motifs is 8. The number of rotatable bonds is 5. The third-order valence-electron chi connectivity index (χ3n) is 10.3. The number of anilines is 3. The molecule has 10 rings (SSSR count). The number of para-hydroxylation sites is 1. The van der Waals surface area contributed by atoms with Crippen molar-refractivity contribution in [3.8, 4) is 11.1 Å². The van der Waals surface area contributed by atoms with Gasteiger partial charge >= 0.3 is 0 Å². The van der Waals surface area contributed by atoms with E-state index in [-0.39, 0.29) is 0 Å². The number of hydrogen-bond donors (Lipinski definition) is 0. The van der Waals surface area contributed by atoms with E-state index in [0.717, 1.165) is 11.4 Å². The van der Waals surface area contributed by atoms with Crippen LogP contribution < -0.4 is 4.90 Å². The van der Waals surface area contributed by atoms with Crippen LogP contribution in [0.25, 0.3) is 42.1 Å². The third kappa shape index (κ3) is 4.11. The maximum Gasteiger partial charge on any atom is 0.0714 e. The van der Waals surface area contributed by atoms with Crippen molar-refractivity contribution in [3.63, 3.8) is 0 Å². The van der Waals surface area contributed by atoms with Gasteiger partial charge in [0, 0.05) is 42.3 Å². The van der Waals surface area contributed by atoms with Gasteiger partial charge in [0.05, 0.1) is 11.1 Å². The second-order valence-electron chi connectivity index (χ2n) is 12.8. The van der Waals surface area contributed by atoms with Crippen LogP contribution in [-0.4, -0.2) is 0 Å². The second kappa shape index (κ2) is 11.1. The van der Waals surface area contributed by atoms with Gasteiger partial charge in [-0.1, -0.05) is 152 Å². The normalized spacial score (nSPS) is 13.1. The summed E-state index contributed by atoms with van der Waals surface area (Å²) in [7, 11) is 0. The molecule has 1 heterocycles. The van der Waals surface area contributed by atoms with Gasteiger partial charge in [0.1, 0.15) is 0 Å². The zero-order valence-corrected chi connectivity index (χ0v) is 27.6. The monoisotopic (exact) mass is 641 g/mol. The molecule has 2 heteroatoms. The highest BCUT2D eigenvalue weighted by molar-refractivity contribution is 7.26. The molecular formula is C47H31NS. The molecule has 230 valence electrons. The first-order chi connectivity index (χ1) is 24.3. The molecule has 0 amide bonds. The van der Waals surface area contributed by atoms with Gasteiger partial charge in [0.25, 0.3) is 0 Å². The van der Waals surface area contributed by atoms with E-state index in [1.807, 2.05) is 11.3 Å². The maximum absolute atomic E-state index is 2.44. The maximum atomic E-state index is 2.44. The van der Waals surface area contributed by atoms with Crippen LogP contribution in [0, 0.1) is 0 Å². The minimum Gasteiger partial charge on any atom is -0.310 e. The predicted molar refractivity (Wildman–Crippen MR) is 209 cm³/mol. The van der Waals surface area contributed by atoms with Crippen LogP contribution in [0.15, 0.2) is 188 Å². The van der Waals surface area contributed by atoms with Gasteiger partial charge in [0.15, 0.2) is 0 Å². The Kier molecular flexibility index (Phi) is 6.34. The Morgan fingerprint density at radius 3 is 1.71 bits per heavy atom. The first kappa shape index (κ1) is 28.1. The molecule has 0 radical (unpaired) electrons. The van der Waals surface area contributed by atoms with Crippen molar-refractivity contribution in [1.29, 1.82) is 0 Å². The molecule has 0 fully saturated rings. The Morgan fingerprint density at radius 2 is 0.939 bits per heavy atom. The minimum absolute atomic E-state index is 0.463. The van der Waals surface area contributed by atoms with Crippen LogP contribution in [-0.2, 0) is 5.41 Å². The smallest absolute Gasteiger partial charge is 0.0714 e. The van der Waals surface area contributed by atoms with Crippen molar-refractivity contribution in [2.75, 3.05) is 4.90 Å². The average molecular weight is 642 g/mol. The Morgan fingerprint density at radius 1 is 0.388 bits per heavy atom. The summed E-state index contributed by atoms with van der Waals surface area (Å²) in [4.78, 5) is 2.44. The summed E-state index contributed by atoms with van der Waals surface area (Å²) in [6.07, 6.45) is 0. The quantitative estimate of drug-likeness (QED) is 0.181. The second-order valence-corrected chi connectivity index (χ2v) is 13.9. The summed E-state index contributed by atoms with van der Waals surface area (Å²) >= 11 is 1.89. The van der Waals surface area contributed by atoms with Crippen molar-refractivity contribution < 1.29 is 0 Å². The first-order valence-electron chi connectivity index (χ1n) is 16.9. The summed E-state index contributed by atoms with van der Waals surface area (Å²) in [6, 6.07) is 69.2. The van der Waals surface area contributed by atoms with Gasteiger partial charge in [-0.15, -0.1) is 11.3 Å². The Labute approximate surface area is 290 Å². The lowest BCUT2D eigenvalue weighted by Gasteiger charge is -2.35. The summed E-state index contributed by atoms with van der Waals surface area (Å²) < 4.78 is 2.66. The number of nitrogens with zero attached hydrogens (tertiary/aromatic N) is 1. The predicted octanol–water partition coefficient (Wildman–Crippen LogP) is 13.0. The van der Waals surface area contributed by atoms with Gasteiger partial charge in [0.2, 0.25) is 0 Å². The molecule has 0 unspecified atom stereocenters. The van der Waals surface area contributed by atoms with Crippen LogP contribution in [0.2, 0.25) is 0 Å². The lowest BCUT2D eigenvalue weighted by Crippen LogP contribution is -2.28. The molecule has 0 spiro atoms. The number of hydrogen-bond acceptors (Lipinski definition) is 2. The molecule has 0 N–H and O–H groups in total. The lowest BCUT2D eigenvalue weighted by atomic mass is 9.67. The van der Waals surface area contributed by atoms with E-state index < -0.39 is 5.41 Å². The largest absolute Gasteiger partial charge is 0.310 e. The Hall–Kier alpha value is -5.96. The molecule has 1 aliphatic carbocycles. The van der Waals surface area contributed by atoms with Crippen molar-refractivity contribution >= 4 is 59.3 Å². The summed E-state index contributed by atoms with van der Waals surface area (Å²) in [6.45, 7) is 0. The van der Waals surface area contributed by atoms with Crippen LogP contribution in [0.5, 0.6) is 0 Å². The summed E-state index contributed by atoms with van der Waals surface area (Å²) in [5.74, 6) is 0. The van der Waals surface area contributed by atoms with E-state index in [1.165, 1.54) is 70.0 Å². The molecule has 0 saturated heterocycles. The molecule has 1 aliphatic rings. The van der Waals surface area contributed by atoms with Crippen molar-refractivity contribution in [1.82, 2.24) is 0 Å². The van der Waals surface area contributed by atoms with E-state index in [9.17, 15) is 0 Å². The SMILES string of the molecule is c1ccc(N(c2cccc(C3(c4ccccc4)c4ccccc4-c4ccccc43)c2)c2cccc3c2ccc2c4ccccc4sc32)cc1. The molecule has 0 bridgehead atoms. The fraction of sp³-hybridized carbons (Fsp3) is 0.0213. The van der Waals surface area contributed by atoms with E-state index in [1.54, 1.807) is 0 Å². The zero-order valence-electron chi connectivity index (χ0n) is 26.8. The molecule has 0 atom stereocenters. The zero-order chi connectivity index (χ0) is 32.4. The molecule has 0 aliphatic heterocycles. The van der Waals surface area contributed by atoms with Gasteiger partial charge in [-0.3, -0.25) is 0 Å². The molecule has 1 aromatic heterocycles.